The lowest BCUT2D eigenvalue weighted by Crippen LogP contribution is -2.51. The standard InChI is InChI=1S/C26H31NO5.C20H25NO5/c1-18(2)31-22-10-9-20(15-24(22)30-3)25(29)27-13-11-26(12-14-27)17-21(28)16-23(32-26)19-7-5-4-6-8-19;1-14(2)26-17-5-4-15(12-18(17)24-3)19(23)21-9-7-20(8-10-21)13-16(22)6-11-25-20/h4-10,15,18,23H,11-14,16-17H2,1-3H3;4-6,11-12,14H,7-10,13H2,1-3H3. The molecule has 1 atom stereocenters. The van der Waals surface area contributed by atoms with E-state index in [9.17, 15) is 19.2 Å². The summed E-state index contributed by atoms with van der Waals surface area (Å²) >= 11 is 0. The van der Waals surface area contributed by atoms with Crippen molar-refractivity contribution in [2.24, 2.45) is 0 Å². The molecule has 0 aliphatic carbocycles. The second-order valence-corrected chi connectivity index (χ2v) is 16.0. The Morgan fingerprint density at radius 2 is 1.17 bits per heavy atom. The van der Waals surface area contributed by atoms with Gasteiger partial charge in [0.15, 0.2) is 28.8 Å². The highest BCUT2D eigenvalue weighted by atomic mass is 16.5. The first-order valence-electron chi connectivity index (χ1n) is 20.2. The third-order valence-corrected chi connectivity index (χ3v) is 11.0. The van der Waals surface area contributed by atoms with Gasteiger partial charge in [0.2, 0.25) is 0 Å². The summed E-state index contributed by atoms with van der Waals surface area (Å²) < 4.78 is 34.5. The molecule has 0 aromatic heterocycles. The lowest BCUT2D eigenvalue weighted by Gasteiger charge is -2.46. The van der Waals surface area contributed by atoms with Gasteiger partial charge in [-0.05, 0) is 82.5 Å². The molecule has 12 heteroatoms. The van der Waals surface area contributed by atoms with Gasteiger partial charge in [0.05, 0.1) is 50.8 Å². The van der Waals surface area contributed by atoms with E-state index in [1.54, 1.807) is 55.5 Å². The summed E-state index contributed by atoms with van der Waals surface area (Å²) in [6.07, 6.45) is 6.62. The Hall–Kier alpha value is -5.36. The van der Waals surface area contributed by atoms with Gasteiger partial charge in [-0.3, -0.25) is 19.2 Å². The predicted octanol–water partition coefficient (Wildman–Crippen LogP) is 7.54. The number of methoxy groups -OCH3 is 2. The minimum Gasteiger partial charge on any atom is -0.494 e. The molecule has 4 aliphatic heterocycles. The summed E-state index contributed by atoms with van der Waals surface area (Å²) in [5, 5.41) is 0. The van der Waals surface area contributed by atoms with E-state index in [1.807, 2.05) is 62.9 Å². The summed E-state index contributed by atoms with van der Waals surface area (Å²) in [7, 11) is 3.13. The topological polar surface area (TPSA) is 130 Å². The van der Waals surface area contributed by atoms with Crippen LogP contribution in [0.1, 0.15) is 105 Å². The minimum atomic E-state index is -0.487. The molecule has 4 aliphatic rings. The Bertz CT molecular complexity index is 1960. The van der Waals surface area contributed by atoms with Crippen LogP contribution in [0.25, 0.3) is 0 Å². The normalized spacial score (nSPS) is 19.7. The van der Waals surface area contributed by atoms with Crippen molar-refractivity contribution in [2.45, 2.75) is 102 Å². The van der Waals surface area contributed by atoms with E-state index in [0.29, 0.717) is 105 Å². The molecular weight excluding hydrogens is 741 g/mol. The monoisotopic (exact) mass is 796 g/mol. The second-order valence-electron chi connectivity index (χ2n) is 16.0. The molecule has 58 heavy (non-hydrogen) atoms. The molecule has 2 spiro atoms. The molecule has 0 N–H and O–H groups in total. The van der Waals surface area contributed by atoms with Crippen LogP contribution in [-0.2, 0) is 19.1 Å². The molecule has 3 aromatic rings. The summed E-state index contributed by atoms with van der Waals surface area (Å²) in [5.74, 6) is 2.56. The third-order valence-electron chi connectivity index (χ3n) is 11.0. The van der Waals surface area contributed by atoms with Gasteiger partial charge >= 0.3 is 0 Å². The summed E-state index contributed by atoms with van der Waals surface area (Å²) in [6, 6.07) is 20.5. The number of amides is 2. The SMILES string of the molecule is COc1cc(C(=O)N2CCC3(CC2)CC(=O)C=CO3)ccc1OC(C)C.COc1cc(C(=O)N2CCC3(CC2)CC(=O)CC(c2ccccc2)O3)ccc1OC(C)C. The summed E-state index contributed by atoms with van der Waals surface area (Å²) in [4.78, 5) is 53.9. The molecule has 3 aromatic carbocycles. The average Bonchev–Trinajstić information content (AvgIpc) is 3.21. The van der Waals surface area contributed by atoms with Gasteiger partial charge in [-0.1, -0.05) is 30.3 Å². The maximum absolute atomic E-state index is 13.1. The first-order chi connectivity index (χ1) is 27.8. The third kappa shape index (κ3) is 10.2. The Balaban J connectivity index is 0.000000200. The van der Waals surface area contributed by atoms with E-state index >= 15 is 0 Å². The fraction of sp³-hybridized carbons (Fsp3) is 0.478. The molecule has 1 unspecified atom stereocenters. The summed E-state index contributed by atoms with van der Waals surface area (Å²) in [5.41, 5.74) is 1.23. The fourth-order valence-corrected chi connectivity index (χ4v) is 8.04. The number of hydrogen-bond acceptors (Lipinski definition) is 10. The van der Waals surface area contributed by atoms with E-state index in [2.05, 4.69) is 0 Å². The Kier molecular flexibility index (Phi) is 13.5. The highest BCUT2D eigenvalue weighted by Gasteiger charge is 2.45. The Morgan fingerprint density at radius 1 is 0.672 bits per heavy atom. The van der Waals surface area contributed by atoms with Crippen molar-refractivity contribution in [1.29, 1.82) is 0 Å². The molecule has 3 saturated heterocycles. The van der Waals surface area contributed by atoms with Crippen molar-refractivity contribution in [2.75, 3.05) is 40.4 Å². The largest absolute Gasteiger partial charge is 0.494 e. The summed E-state index contributed by atoms with van der Waals surface area (Å²) in [6.45, 7) is 10.0. The van der Waals surface area contributed by atoms with Crippen molar-refractivity contribution in [3.8, 4) is 23.0 Å². The van der Waals surface area contributed by atoms with Gasteiger partial charge in [0.1, 0.15) is 11.4 Å². The van der Waals surface area contributed by atoms with Crippen LogP contribution in [-0.4, -0.2) is 97.0 Å². The predicted molar refractivity (Wildman–Crippen MR) is 218 cm³/mol. The van der Waals surface area contributed by atoms with Crippen LogP contribution >= 0.6 is 0 Å². The van der Waals surface area contributed by atoms with Gasteiger partial charge in [-0.2, -0.15) is 0 Å². The quantitative estimate of drug-likeness (QED) is 0.214. The number of nitrogens with zero attached hydrogens (tertiary/aromatic N) is 2. The van der Waals surface area contributed by atoms with Crippen molar-refractivity contribution in [1.82, 2.24) is 9.80 Å². The molecule has 12 nitrogen and oxygen atoms in total. The van der Waals surface area contributed by atoms with E-state index in [-0.39, 0.29) is 41.7 Å². The first kappa shape index (κ1) is 42.3. The minimum absolute atomic E-state index is 0.0154. The molecule has 2 amide bonds. The number of carbonyl (C=O) groups excluding carboxylic acids is 4. The molecule has 0 radical (unpaired) electrons. The van der Waals surface area contributed by atoms with E-state index in [4.69, 9.17) is 28.4 Å². The molecule has 7 rings (SSSR count). The van der Waals surface area contributed by atoms with Crippen LogP contribution in [0.2, 0.25) is 0 Å². The number of hydrogen-bond donors (Lipinski definition) is 0. The lowest BCUT2D eigenvalue weighted by atomic mass is 9.81. The van der Waals surface area contributed by atoms with Crippen LogP contribution in [0.15, 0.2) is 79.1 Å². The maximum atomic E-state index is 13.1. The van der Waals surface area contributed by atoms with Gasteiger partial charge in [0.25, 0.3) is 11.8 Å². The van der Waals surface area contributed by atoms with E-state index in [0.717, 1.165) is 5.56 Å². The van der Waals surface area contributed by atoms with Crippen molar-refractivity contribution >= 4 is 23.4 Å². The van der Waals surface area contributed by atoms with Gasteiger partial charge in [-0.25, -0.2) is 0 Å². The number of ether oxygens (including phenoxy) is 6. The zero-order valence-corrected chi connectivity index (χ0v) is 34.5. The molecule has 3 fully saturated rings. The zero-order chi connectivity index (χ0) is 41.5. The maximum Gasteiger partial charge on any atom is 0.253 e. The number of piperidine rings is 2. The average molecular weight is 797 g/mol. The van der Waals surface area contributed by atoms with Crippen LogP contribution < -0.4 is 18.9 Å². The smallest absolute Gasteiger partial charge is 0.253 e. The molecule has 4 heterocycles. The number of likely N-dealkylation sites (tertiary alicyclic amines) is 2. The van der Waals surface area contributed by atoms with E-state index < -0.39 is 11.2 Å². The zero-order valence-electron chi connectivity index (χ0n) is 34.5. The molecule has 0 saturated carbocycles. The number of ketones is 2. The number of Topliss-reactive ketones (excluding diaryl/α,β-unsaturated/α-hetero) is 1. The van der Waals surface area contributed by atoms with Crippen LogP contribution in [0, 0.1) is 0 Å². The highest BCUT2D eigenvalue weighted by molar-refractivity contribution is 5.96. The van der Waals surface area contributed by atoms with Crippen LogP contribution in [0.3, 0.4) is 0 Å². The van der Waals surface area contributed by atoms with Gasteiger partial charge < -0.3 is 38.2 Å². The number of rotatable bonds is 9. The molecule has 310 valence electrons. The van der Waals surface area contributed by atoms with Crippen molar-refractivity contribution in [3.63, 3.8) is 0 Å². The van der Waals surface area contributed by atoms with Gasteiger partial charge in [-0.15, -0.1) is 0 Å². The Morgan fingerprint density at radius 3 is 1.64 bits per heavy atom. The van der Waals surface area contributed by atoms with Gasteiger partial charge in [0, 0.05) is 69.1 Å². The highest BCUT2D eigenvalue weighted by Crippen LogP contribution is 2.42. The number of benzene rings is 3. The lowest BCUT2D eigenvalue weighted by molar-refractivity contribution is -0.167. The second kappa shape index (κ2) is 18.5. The molecule has 0 bridgehead atoms. The van der Waals surface area contributed by atoms with Crippen molar-refractivity contribution in [3.05, 3.63) is 95.8 Å². The van der Waals surface area contributed by atoms with E-state index in [1.165, 1.54) is 12.3 Å². The van der Waals surface area contributed by atoms with Crippen molar-refractivity contribution < 1.29 is 47.6 Å². The van der Waals surface area contributed by atoms with Crippen LogP contribution in [0.4, 0.5) is 0 Å². The van der Waals surface area contributed by atoms with Crippen LogP contribution in [0.5, 0.6) is 23.0 Å². The number of allylic oxidation sites excluding steroid dienone is 1. The molecular formula is C46H56N2O10. The Labute approximate surface area is 341 Å². The number of carbonyl (C=O) groups is 4. The first-order valence-corrected chi connectivity index (χ1v) is 20.2. The fourth-order valence-electron chi connectivity index (χ4n) is 8.04.